The largest absolute Gasteiger partial charge is 0.385 e. The first-order valence-electron chi connectivity index (χ1n) is 6.71. The third-order valence-corrected chi connectivity index (χ3v) is 3.47. The zero-order chi connectivity index (χ0) is 13.5. The Morgan fingerprint density at radius 2 is 1.89 bits per heavy atom. The molecular weight excluding hydrogens is 256 g/mol. The van der Waals surface area contributed by atoms with E-state index in [1.807, 2.05) is 0 Å². The van der Waals surface area contributed by atoms with Gasteiger partial charge in [-0.1, -0.05) is 26.0 Å². The van der Waals surface area contributed by atoms with E-state index in [9.17, 15) is 0 Å². The van der Waals surface area contributed by atoms with Crippen LogP contribution in [0.15, 0.2) is 24.3 Å². The van der Waals surface area contributed by atoms with E-state index in [0.717, 1.165) is 36.9 Å². The van der Waals surface area contributed by atoms with Crippen LogP contribution < -0.4 is 10.6 Å². The van der Waals surface area contributed by atoms with Crippen molar-refractivity contribution in [3.8, 4) is 0 Å². The van der Waals surface area contributed by atoms with Gasteiger partial charge in [0, 0.05) is 36.7 Å². The maximum Gasteiger partial charge on any atom is 0.202 e. The van der Waals surface area contributed by atoms with Crippen molar-refractivity contribution in [3.63, 3.8) is 0 Å². The lowest BCUT2D eigenvalue weighted by Gasteiger charge is -2.06. The molecule has 102 valence electrons. The molecule has 2 aromatic rings. The number of aryl methyl sites for hydroxylation is 1. The van der Waals surface area contributed by atoms with E-state index in [2.05, 4.69) is 58.1 Å². The van der Waals surface area contributed by atoms with Gasteiger partial charge in [0.2, 0.25) is 5.13 Å². The molecule has 19 heavy (non-hydrogen) atoms. The molecule has 1 heterocycles. The van der Waals surface area contributed by atoms with Gasteiger partial charge >= 0.3 is 0 Å². The van der Waals surface area contributed by atoms with Gasteiger partial charge in [-0.2, -0.15) is 4.37 Å². The molecule has 0 aliphatic heterocycles. The first-order valence-corrected chi connectivity index (χ1v) is 7.48. The molecule has 2 N–H and O–H groups in total. The van der Waals surface area contributed by atoms with Crippen LogP contribution in [0.5, 0.6) is 0 Å². The fourth-order valence-electron chi connectivity index (χ4n) is 1.66. The van der Waals surface area contributed by atoms with Gasteiger partial charge in [-0.15, -0.1) is 0 Å². The van der Waals surface area contributed by atoms with E-state index in [1.54, 1.807) is 0 Å². The molecule has 4 nitrogen and oxygen atoms in total. The topological polar surface area (TPSA) is 49.8 Å². The minimum atomic E-state index is 0.784. The lowest BCUT2D eigenvalue weighted by molar-refractivity contribution is 0.979. The molecule has 0 amide bonds. The number of nitrogens with one attached hydrogen (secondary N) is 2. The molecule has 2 rings (SSSR count). The average molecular weight is 276 g/mol. The predicted molar refractivity (Wildman–Crippen MR) is 81.8 cm³/mol. The van der Waals surface area contributed by atoms with E-state index < -0.39 is 0 Å². The summed E-state index contributed by atoms with van der Waals surface area (Å²) in [7, 11) is 0. The first kappa shape index (κ1) is 13.8. The first-order chi connectivity index (χ1) is 9.31. The van der Waals surface area contributed by atoms with Crippen LogP contribution in [0, 0.1) is 0 Å². The normalized spacial score (nSPS) is 10.4. The molecular formula is C14H20N4S. The van der Waals surface area contributed by atoms with E-state index in [0.29, 0.717) is 0 Å². The highest BCUT2D eigenvalue weighted by Gasteiger charge is 2.01. The van der Waals surface area contributed by atoms with Gasteiger partial charge in [0.25, 0.3) is 0 Å². The summed E-state index contributed by atoms with van der Waals surface area (Å²) in [5, 5.41) is 7.56. The lowest BCUT2D eigenvalue weighted by atomic mass is 10.2. The summed E-state index contributed by atoms with van der Waals surface area (Å²) in [5.74, 6) is 0.909. The molecule has 1 aromatic heterocycles. The molecule has 0 unspecified atom stereocenters. The maximum atomic E-state index is 4.39. The molecule has 0 saturated heterocycles. The summed E-state index contributed by atoms with van der Waals surface area (Å²) in [5.41, 5.74) is 2.42. The van der Waals surface area contributed by atoms with Gasteiger partial charge in [0.15, 0.2) is 0 Å². The van der Waals surface area contributed by atoms with Crippen LogP contribution in [0.3, 0.4) is 0 Å². The van der Waals surface area contributed by atoms with Crippen molar-refractivity contribution in [3.05, 3.63) is 35.7 Å². The van der Waals surface area contributed by atoms with Crippen molar-refractivity contribution in [1.29, 1.82) is 0 Å². The van der Waals surface area contributed by atoms with Gasteiger partial charge < -0.3 is 10.6 Å². The number of hydrogen-bond donors (Lipinski definition) is 2. The zero-order valence-electron chi connectivity index (χ0n) is 11.4. The molecule has 5 heteroatoms. The van der Waals surface area contributed by atoms with Gasteiger partial charge in [-0.3, -0.25) is 0 Å². The van der Waals surface area contributed by atoms with Crippen LogP contribution in [0.2, 0.25) is 0 Å². The molecule has 1 aromatic carbocycles. The molecule has 0 bridgehead atoms. The number of aromatic nitrogens is 2. The summed E-state index contributed by atoms with van der Waals surface area (Å²) in [4.78, 5) is 4.39. The van der Waals surface area contributed by atoms with Crippen LogP contribution in [-0.2, 0) is 13.0 Å². The number of nitrogens with zero attached hydrogens (tertiary/aromatic N) is 2. The number of anilines is 2. The quantitative estimate of drug-likeness (QED) is 0.812. The van der Waals surface area contributed by atoms with Crippen molar-refractivity contribution < 1.29 is 0 Å². The summed E-state index contributed by atoms with van der Waals surface area (Å²) in [6, 6.07) is 8.49. The van der Waals surface area contributed by atoms with Gasteiger partial charge in [-0.05, 0) is 24.1 Å². The minimum Gasteiger partial charge on any atom is -0.385 e. The van der Waals surface area contributed by atoms with Gasteiger partial charge in [0.05, 0.1) is 0 Å². The Balaban J connectivity index is 1.85. The lowest BCUT2D eigenvalue weighted by Crippen LogP contribution is -2.01. The van der Waals surface area contributed by atoms with Gasteiger partial charge in [0.1, 0.15) is 5.82 Å². The maximum absolute atomic E-state index is 4.39. The highest BCUT2D eigenvalue weighted by molar-refractivity contribution is 7.09. The van der Waals surface area contributed by atoms with Crippen molar-refractivity contribution in [1.82, 2.24) is 9.36 Å². The smallest absolute Gasteiger partial charge is 0.202 e. The van der Waals surface area contributed by atoms with Crippen LogP contribution in [0.25, 0.3) is 0 Å². The summed E-state index contributed by atoms with van der Waals surface area (Å²) in [6.45, 7) is 6.03. The molecule has 0 spiro atoms. The second kappa shape index (κ2) is 7.09. The Labute approximate surface area is 118 Å². The van der Waals surface area contributed by atoms with E-state index in [-0.39, 0.29) is 0 Å². The number of hydrogen-bond acceptors (Lipinski definition) is 5. The monoisotopic (exact) mass is 276 g/mol. The fourth-order valence-corrected chi connectivity index (χ4v) is 2.30. The molecule has 0 aliphatic rings. The molecule has 0 saturated carbocycles. The molecule has 0 fully saturated rings. The second-order valence-electron chi connectivity index (χ2n) is 4.35. The van der Waals surface area contributed by atoms with Crippen molar-refractivity contribution in [2.24, 2.45) is 0 Å². The molecule has 0 atom stereocenters. The van der Waals surface area contributed by atoms with Crippen LogP contribution in [0.1, 0.15) is 31.7 Å². The Morgan fingerprint density at radius 3 is 2.53 bits per heavy atom. The van der Waals surface area contributed by atoms with Crippen LogP contribution >= 0.6 is 11.5 Å². The van der Waals surface area contributed by atoms with Crippen LogP contribution in [-0.4, -0.2) is 15.9 Å². The fraction of sp³-hybridized carbons (Fsp3) is 0.429. The number of rotatable bonds is 7. The van der Waals surface area contributed by atoms with Crippen molar-refractivity contribution >= 4 is 22.4 Å². The summed E-state index contributed by atoms with van der Waals surface area (Å²) < 4.78 is 4.25. The van der Waals surface area contributed by atoms with Crippen LogP contribution in [0.4, 0.5) is 10.8 Å². The SMILES string of the molecule is CCCNc1ccc(CNc2nc(CC)ns2)cc1. The Kier molecular flexibility index (Phi) is 5.15. The molecule has 0 radical (unpaired) electrons. The van der Waals surface area contributed by atoms with E-state index in [4.69, 9.17) is 0 Å². The van der Waals surface area contributed by atoms with Crippen molar-refractivity contribution in [2.75, 3.05) is 17.2 Å². The van der Waals surface area contributed by atoms with E-state index >= 15 is 0 Å². The predicted octanol–water partition coefficient (Wildman–Crippen LogP) is 3.53. The van der Waals surface area contributed by atoms with Gasteiger partial charge in [-0.25, -0.2) is 4.98 Å². The molecule has 0 aliphatic carbocycles. The Morgan fingerprint density at radius 1 is 1.11 bits per heavy atom. The summed E-state index contributed by atoms with van der Waals surface area (Å²) >= 11 is 1.42. The highest BCUT2D eigenvalue weighted by Crippen LogP contribution is 2.14. The standard InChI is InChI=1S/C14H20N4S/c1-3-9-15-12-7-5-11(6-8-12)10-16-14-17-13(4-2)18-19-14/h5-8,15H,3-4,9-10H2,1-2H3,(H,16,17,18). The average Bonchev–Trinajstić information content (AvgIpc) is 2.92. The van der Waals surface area contributed by atoms with E-state index in [1.165, 1.54) is 22.8 Å². The highest BCUT2D eigenvalue weighted by atomic mass is 32.1. The minimum absolute atomic E-state index is 0.784. The Bertz CT molecular complexity index is 492. The summed E-state index contributed by atoms with van der Waals surface area (Å²) in [6.07, 6.45) is 2.02. The second-order valence-corrected chi connectivity index (χ2v) is 5.10. The zero-order valence-corrected chi connectivity index (χ0v) is 12.3. The third-order valence-electron chi connectivity index (χ3n) is 2.76. The van der Waals surface area contributed by atoms with Crippen molar-refractivity contribution in [2.45, 2.75) is 33.2 Å². The third kappa shape index (κ3) is 4.21. The Hall–Kier alpha value is -1.62. The number of benzene rings is 1.